The minimum absolute atomic E-state index is 0.102. The van der Waals surface area contributed by atoms with E-state index in [0.717, 1.165) is 6.07 Å². The molecule has 0 saturated carbocycles. The van der Waals surface area contributed by atoms with Crippen LogP contribution >= 0.6 is 0 Å². The molecule has 1 heterocycles. The fraction of sp³-hybridized carbons (Fsp3) is 0.429. The lowest BCUT2D eigenvalue weighted by Crippen LogP contribution is -2.50. The van der Waals surface area contributed by atoms with Crippen LogP contribution in [0.4, 0.5) is 10.1 Å². The predicted molar refractivity (Wildman–Crippen MR) is 75.1 cm³/mol. The first kappa shape index (κ1) is 15.2. The Labute approximate surface area is 122 Å². The quantitative estimate of drug-likeness (QED) is 0.790. The second-order valence-corrected chi connectivity index (χ2v) is 4.87. The standard InChI is InChI=1S/C14H18FN3O3/c1-9(14(20)18-4-6-21-7-5-18)17-13(19)10-2-3-11(15)12(16)8-10/h2-3,8-9H,4-7,16H2,1H3,(H,17,19). The van der Waals surface area contributed by atoms with Gasteiger partial charge in [-0.2, -0.15) is 0 Å². The zero-order valence-electron chi connectivity index (χ0n) is 11.8. The third kappa shape index (κ3) is 3.69. The summed E-state index contributed by atoms with van der Waals surface area (Å²) in [6.45, 7) is 3.65. The number of morpholine rings is 1. The Morgan fingerprint density at radius 2 is 2.05 bits per heavy atom. The van der Waals surface area contributed by atoms with Crippen molar-refractivity contribution in [3.8, 4) is 0 Å². The summed E-state index contributed by atoms with van der Waals surface area (Å²) >= 11 is 0. The Balaban J connectivity index is 1.97. The van der Waals surface area contributed by atoms with Crippen molar-refractivity contribution in [2.45, 2.75) is 13.0 Å². The average Bonchev–Trinajstić information content (AvgIpc) is 2.50. The minimum atomic E-state index is -0.665. The van der Waals surface area contributed by atoms with Crippen LogP contribution in [-0.4, -0.2) is 49.1 Å². The van der Waals surface area contributed by atoms with Crippen molar-refractivity contribution >= 4 is 17.5 Å². The van der Waals surface area contributed by atoms with Gasteiger partial charge in [0.2, 0.25) is 5.91 Å². The van der Waals surface area contributed by atoms with E-state index in [9.17, 15) is 14.0 Å². The van der Waals surface area contributed by atoms with Gasteiger partial charge in [0.15, 0.2) is 0 Å². The van der Waals surface area contributed by atoms with Gasteiger partial charge in [0.1, 0.15) is 11.9 Å². The van der Waals surface area contributed by atoms with Crippen LogP contribution < -0.4 is 11.1 Å². The molecule has 114 valence electrons. The molecule has 1 atom stereocenters. The van der Waals surface area contributed by atoms with E-state index in [1.165, 1.54) is 12.1 Å². The Morgan fingerprint density at radius 3 is 2.67 bits per heavy atom. The summed E-state index contributed by atoms with van der Waals surface area (Å²) in [7, 11) is 0. The van der Waals surface area contributed by atoms with Crippen LogP contribution in [0.5, 0.6) is 0 Å². The maximum absolute atomic E-state index is 13.1. The van der Waals surface area contributed by atoms with Gasteiger partial charge in [0, 0.05) is 18.7 Å². The number of amides is 2. The van der Waals surface area contributed by atoms with E-state index < -0.39 is 17.8 Å². The SMILES string of the molecule is CC(NC(=O)c1ccc(F)c(N)c1)C(=O)N1CCOCC1. The van der Waals surface area contributed by atoms with Crippen LogP contribution in [0.3, 0.4) is 0 Å². The first-order chi connectivity index (χ1) is 9.99. The van der Waals surface area contributed by atoms with Gasteiger partial charge < -0.3 is 20.7 Å². The van der Waals surface area contributed by atoms with Gasteiger partial charge in [-0.1, -0.05) is 0 Å². The number of hydrogen-bond donors (Lipinski definition) is 2. The fourth-order valence-corrected chi connectivity index (χ4v) is 2.08. The van der Waals surface area contributed by atoms with Gasteiger partial charge in [-0.3, -0.25) is 9.59 Å². The van der Waals surface area contributed by atoms with Crippen LogP contribution in [0.15, 0.2) is 18.2 Å². The molecule has 0 bridgehead atoms. The summed E-state index contributed by atoms with van der Waals surface area (Å²) in [6.07, 6.45) is 0. The topological polar surface area (TPSA) is 84.7 Å². The number of nitrogen functional groups attached to an aromatic ring is 1. The van der Waals surface area contributed by atoms with E-state index in [-0.39, 0.29) is 17.2 Å². The molecule has 1 fully saturated rings. The lowest BCUT2D eigenvalue weighted by Gasteiger charge is -2.29. The molecule has 21 heavy (non-hydrogen) atoms. The smallest absolute Gasteiger partial charge is 0.251 e. The van der Waals surface area contributed by atoms with E-state index in [0.29, 0.717) is 26.3 Å². The Bertz CT molecular complexity index is 544. The molecular weight excluding hydrogens is 277 g/mol. The molecule has 0 radical (unpaired) electrons. The van der Waals surface area contributed by atoms with Crippen LogP contribution in [0.1, 0.15) is 17.3 Å². The lowest BCUT2D eigenvalue weighted by molar-refractivity contribution is -0.136. The van der Waals surface area contributed by atoms with E-state index in [4.69, 9.17) is 10.5 Å². The number of carbonyl (C=O) groups excluding carboxylic acids is 2. The predicted octanol–water partition coefficient (Wildman–Crippen LogP) is 0.385. The molecule has 7 heteroatoms. The maximum Gasteiger partial charge on any atom is 0.251 e. The second kappa shape index (κ2) is 6.53. The summed E-state index contributed by atoms with van der Waals surface area (Å²) < 4.78 is 18.2. The van der Waals surface area contributed by atoms with Gasteiger partial charge in [0.05, 0.1) is 18.9 Å². The van der Waals surface area contributed by atoms with Crippen molar-refractivity contribution in [1.29, 1.82) is 0 Å². The lowest BCUT2D eigenvalue weighted by atomic mass is 10.1. The normalized spacial score (nSPS) is 16.4. The number of nitrogens with two attached hydrogens (primary N) is 1. The van der Waals surface area contributed by atoms with E-state index in [1.807, 2.05) is 0 Å². The molecule has 1 aliphatic rings. The zero-order valence-corrected chi connectivity index (χ0v) is 11.8. The van der Waals surface area contributed by atoms with E-state index in [1.54, 1.807) is 11.8 Å². The Hall–Kier alpha value is -2.15. The number of hydrogen-bond acceptors (Lipinski definition) is 4. The molecule has 1 aromatic rings. The minimum Gasteiger partial charge on any atom is -0.396 e. The third-order valence-corrected chi connectivity index (χ3v) is 3.30. The third-order valence-electron chi connectivity index (χ3n) is 3.30. The number of rotatable bonds is 3. The number of halogens is 1. The summed E-state index contributed by atoms with van der Waals surface area (Å²) in [5.41, 5.74) is 5.54. The molecule has 6 nitrogen and oxygen atoms in total. The molecule has 1 aromatic carbocycles. The number of benzene rings is 1. The van der Waals surface area contributed by atoms with Crippen molar-refractivity contribution in [1.82, 2.24) is 10.2 Å². The van der Waals surface area contributed by atoms with Crippen LogP contribution in [0, 0.1) is 5.82 Å². The zero-order chi connectivity index (χ0) is 15.4. The van der Waals surface area contributed by atoms with Crippen LogP contribution in [0.2, 0.25) is 0 Å². The molecule has 0 spiro atoms. The highest BCUT2D eigenvalue weighted by molar-refractivity contribution is 5.98. The Kier molecular flexibility index (Phi) is 4.74. The molecule has 0 aromatic heterocycles. The Morgan fingerprint density at radius 1 is 1.38 bits per heavy atom. The van der Waals surface area contributed by atoms with Crippen molar-refractivity contribution in [3.63, 3.8) is 0 Å². The highest BCUT2D eigenvalue weighted by atomic mass is 19.1. The van der Waals surface area contributed by atoms with Crippen molar-refractivity contribution in [2.75, 3.05) is 32.0 Å². The second-order valence-electron chi connectivity index (χ2n) is 4.87. The number of nitrogens with zero attached hydrogens (tertiary/aromatic N) is 1. The molecule has 1 unspecified atom stereocenters. The monoisotopic (exact) mass is 295 g/mol. The molecule has 1 saturated heterocycles. The summed E-state index contributed by atoms with van der Waals surface area (Å²) in [6, 6.07) is 3.03. The number of ether oxygens (including phenoxy) is 1. The van der Waals surface area contributed by atoms with Crippen molar-refractivity contribution in [3.05, 3.63) is 29.6 Å². The first-order valence-corrected chi connectivity index (χ1v) is 6.71. The van der Waals surface area contributed by atoms with Gasteiger partial charge in [0.25, 0.3) is 5.91 Å². The molecular formula is C14H18FN3O3. The van der Waals surface area contributed by atoms with Gasteiger partial charge in [-0.25, -0.2) is 4.39 Å². The maximum atomic E-state index is 13.1. The summed E-state index contributed by atoms with van der Waals surface area (Å²) in [4.78, 5) is 25.8. The first-order valence-electron chi connectivity index (χ1n) is 6.71. The number of anilines is 1. The molecule has 2 rings (SSSR count). The van der Waals surface area contributed by atoms with Crippen molar-refractivity contribution in [2.24, 2.45) is 0 Å². The van der Waals surface area contributed by atoms with Gasteiger partial charge in [-0.15, -0.1) is 0 Å². The largest absolute Gasteiger partial charge is 0.396 e. The van der Waals surface area contributed by atoms with Crippen LogP contribution in [0.25, 0.3) is 0 Å². The van der Waals surface area contributed by atoms with E-state index in [2.05, 4.69) is 5.32 Å². The highest BCUT2D eigenvalue weighted by Crippen LogP contribution is 2.12. The van der Waals surface area contributed by atoms with Gasteiger partial charge in [-0.05, 0) is 25.1 Å². The van der Waals surface area contributed by atoms with Crippen molar-refractivity contribution < 1.29 is 18.7 Å². The molecule has 0 aliphatic carbocycles. The fourth-order valence-electron chi connectivity index (χ4n) is 2.08. The molecule has 1 aliphatic heterocycles. The number of nitrogens with one attached hydrogen (secondary N) is 1. The molecule has 3 N–H and O–H groups in total. The summed E-state index contributed by atoms with van der Waals surface area (Å²) in [5, 5.41) is 2.59. The summed E-state index contributed by atoms with van der Waals surface area (Å²) in [5.74, 6) is -1.21. The average molecular weight is 295 g/mol. The van der Waals surface area contributed by atoms with Gasteiger partial charge >= 0.3 is 0 Å². The molecule has 2 amide bonds. The number of carbonyl (C=O) groups is 2. The van der Waals surface area contributed by atoms with Crippen LogP contribution in [-0.2, 0) is 9.53 Å². The van der Waals surface area contributed by atoms with E-state index >= 15 is 0 Å². The highest BCUT2D eigenvalue weighted by Gasteiger charge is 2.24.